The van der Waals surface area contributed by atoms with E-state index in [4.69, 9.17) is 5.73 Å². The molecule has 6 nitrogen and oxygen atoms in total. The maximum absolute atomic E-state index is 10.1. The number of hydrogen-bond acceptors (Lipinski definition) is 5. The Balaban J connectivity index is 2.49. The fraction of sp³-hybridized carbons (Fsp3) is 1.00. The molecule has 1 fully saturated rings. The van der Waals surface area contributed by atoms with Gasteiger partial charge in [0.2, 0.25) is 0 Å². The molecule has 2 atom stereocenters. The highest BCUT2D eigenvalue weighted by Crippen LogP contribution is 1.95. The summed E-state index contributed by atoms with van der Waals surface area (Å²) in [5, 5.41) is 10.1. The van der Waals surface area contributed by atoms with Gasteiger partial charge in [-0.3, -0.25) is 10.1 Å². The third-order valence-electron chi connectivity index (χ3n) is 1.27. The van der Waals surface area contributed by atoms with Gasteiger partial charge in [-0.25, -0.2) is 10.9 Å². The molecule has 1 saturated heterocycles. The molecule has 1 heterocycles. The van der Waals surface area contributed by atoms with Crippen LogP contribution in [0.2, 0.25) is 0 Å². The molecule has 1 aliphatic heterocycles. The van der Waals surface area contributed by atoms with Crippen molar-refractivity contribution in [3.63, 3.8) is 0 Å². The van der Waals surface area contributed by atoms with E-state index in [1.807, 2.05) is 0 Å². The zero-order valence-corrected chi connectivity index (χ0v) is 4.70. The molecule has 0 saturated carbocycles. The van der Waals surface area contributed by atoms with Gasteiger partial charge in [-0.1, -0.05) is 0 Å². The zero-order chi connectivity index (χ0) is 6.85. The zero-order valence-electron chi connectivity index (χ0n) is 4.70. The molecule has 0 aromatic carbocycles. The maximum atomic E-state index is 10.1. The van der Waals surface area contributed by atoms with Crippen LogP contribution in [-0.4, -0.2) is 23.7 Å². The fourth-order valence-corrected chi connectivity index (χ4v) is 0.710. The van der Waals surface area contributed by atoms with Crippen molar-refractivity contribution in [2.24, 2.45) is 5.73 Å². The van der Waals surface area contributed by atoms with E-state index in [1.54, 1.807) is 0 Å². The highest BCUT2D eigenvalue weighted by atomic mass is 16.6. The molecule has 0 aliphatic carbocycles. The molecule has 4 N–H and O–H groups in total. The second kappa shape index (κ2) is 2.26. The van der Waals surface area contributed by atoms with Crippen molar-refractivity contribution in [1.82, 2.24) is 10.9 Å². The fourth-order valence-electron chi connectivity index (χ4n) is 0.710. The molecule has 1 aliphatic rings. The van der Waals surface area contributed by atoms with Crippen LogP contribution < -0.4 is 16.6 Å². The molecule has 0 aromatic rings. The topological polar surface area (TPSA) is 93.2 Å². The van der Waals surface area contributed by atoms with Gasteiger partial charge in [0.1, 0.15) is 6.17 Å². The quantitative estimate of drug-likeness (QED) is 0.284. The molecule has 0 radical (unpaired) electrons. The predicted octanol–water partition coefficient (Wildman–Crippen LogP) is -1.98. The Kier molecular flexibility index (Phi) is 1.60. The van der Waals surface area contributed by atoms with E-state index in [0.29, 0.717) is 6.54 Å². The average molecular weight is 132 g/mol. The number of hydrazine groups is 1. The molecule has 0 bridgehead atoms. The van der Waals surface area contributed by atoms with Crippen LogP contribution >= 0.6 is 0 Å². The van der Waals surface area contributed by atoms with Gasteiger partial charge < -0.3 is 5.73 Å². The number of nitrogens with one attached hydrogen (secondary N) is 2. The van der Waals surface area contributed by atoms with E-state index in [2.05, 4.69) is 10.9 Å². The van der Waals surface area contributed by atoms with Crippen molar-refractivity contribution >= 4 is 0 Å². The minimum atomic E-state index is -0.690. The van der Waals surface area contributed by atoms with Crippen molar-refractivity contribution in [3.05, 3.63) is 10.1 Å². The summed E-state index contributed by atoms with van der Waals surface area (Å²) in [5.74, 6) is 0. The summed E-state index contributed by atoms with van der Waals surface area (Å²) < 4.78 is 0. The van der Waals surface area contributed by atoms with Crippen molar-refractivity contribution in [1.29, 1.82) is 0 Å². The third kappa shape index (κ3) is 1.15. The van der Waals surface area contributed by atoms with Crippen LogP contribution in [0.3, 0.4) is 0 Å². The minimum absolute atomic E-state index is 0.300. The van der Waals surface area contributed by atoms with Crippen molar-refractivity contribution < 1.29 is 4.92 Å². The summed E-state index contributed by atoms with van der Waals surface area (Å²) in [6.45, 7) is 0.300. The van der Waals surface area contributed by atoms with Crippen molar-refractivity contribution in [2.45, 2.75) is 12.2 Å². The smallest absolute Gasteiger partial charge is 0.255 e. The Bertz CT molecular complexity index is 127. The normalized spacial score (nSPS) is 34.8. The molecule has 2 unspecified atom stereocenters. The number of nitrogens with two attached hydrogens (primary N) is 1. The van der Waals surface area contributed by atoms with Gasteiger partial charge in [0.15, 0.2) is 0 Å². The van der Waals surface area contributed by atoms with E-state index in [9.17, 15) is 10.1 Å². The van der Waals surface area contributed by atoms with E-state index in [-0.39, 0.29) is 0 Å². The second-order valence-corrected chi connectivity index (χ2v) is 1.90. The van der Waals surface area contributed by atoms with Crippen LogP contribution in [0.4, 0.5) is 0 Å². The maximum Gasteiger partial charge on any atom is 0.255 e. The van der Waals surface area contributed by atoms with Crippen LogP contribution in [-0.2, 0) is 0 Å². The number of nitro groups is 1. The lowest BCUT2D eigenvalue weighted by Gasteiger charge is -2.03. The number of nitrogens with zero attached hydrogens (tertiary/aromatic N) is 1. The first-order chi connectivity index (χ1) is 4.22. The van der Waals surface area contributed by atoms with E-state index in [1.165, 1.54) is 0 Å². The Labute approximate surface area is 51.5 Å². The molecule has 1 rings (SSSR count). The third-order valence-corrected chi connectivity index (χ3v) is 1.27. The Morgan fingerprint density at radius 3 is 2.67 bits per heavy atom. The van der Waals surface area contributed by atoms with Crippen LogP contribution in [0.25, 0.3) is 0 Å². The number of hydrogen-bond donors (Lipinski definition) is 3. The summed E-state index contributed by atoms with van der Waals surface area (Å²) in [6, 6.07) is -0.690. The second-order valence-electron chi connectivity index (χ2n) is 1.90. The van der Waals surface area contributed by atoms with Crippen LogP contribution in [0.15, 0.2) is 0 Å². The minimum Gasteiger partial charge on any atom is -0.309 e. The molecule has 0 spiro atoms. The molecule has 52 valence electrons. The first-order valence-electron chi connectivity index (χ1n) is 2.59. The van der Waals surface area contributed by atoms with E-state index in [0.717, 1.165) is 0 Å². The Hall–Kier alpha value is -0.720. The van der Waals surface area contributed by atoms with E-state index >= 15 is 0 Å². The van der Waals surface area contributed by atoms with Gasteiger partial charge in [0, 0.05) is 4.92 Å². The largest absolute Gasteiger partial charge is 0.309 e. The highest BCUT2D eigenvalue weighted by molar-refractivity contribution is 4.76. The highest BCUT2D eigenvalue weighted by Gasteiger charge is 2.32. The standard InChI is InChI=1S/C3H8N4O2/c4-3-2(7(8)9)1-5-6-3/h2-3,5-6H,1,4H2. The first kappa shape index (κ1) is 6.40. The summed E-state index contributed by atoms with van der Waals surface area (Å²) in [7, 11) is 0. The SMILES string of the molecule is NC1NNCC1[N+](=O)[O-]. The van der Waals surface area contributed by atoms with Crippen molar-refractivity contribution in [2.75, 3.05) is 6.54 Å². The predicted molar refractivity (Wildman–Crippen MR) is 29.9 cm³/mol. The van der Waals surface area contributed by atoms with Gasteiger partial charge in [-0.05, 0) is 0 Å². The lowest BCUT2D eigenvalue weighted by molar-refractivity contribution is -0.519. The summed E-state index contributed by atoms with van der Waals surface area (Å²) in [4.78, 5) is 9.67. The van der Waals surface area contributed by atoms with Crippen LogP contribution in [0.1, 0.15) is 0 Å². The van der Waals surface area contributed by atoms with Crippen LogP contribution in [0.5, 0.6) is 0 Å². The summed E-state index contributed by atoms with van der Waals surface area (Å²) in [6.07, 6.45) is -0.556. The van der Waals surface area contributed by atoms with Gasteiger partial charge >= 0.3 is 0 Å². The number of rotatable bonds is 1. The molecular weight excluding hydrogens is 124 g/mol. The summed E-state index contributed by atoms with van der Waals surface area (Å²) in [5.41, 5.74) is 10.4. The van der Waals surface area contributed by atoms with E-state index < -0.39 is 17.1 Å². The van der Waals surface area contributed by atoms with Crippen LogP contribution in [0, 0.1) is 10.1 Å². The van der Waals surface area contributed by atoms with Gasteiger partial charge in [0.25, 0.3) is 6.04 Å². The lowest BCUT2D eigenvalue weighted by atomic mass is 10.3. The molecule has 6 heteroatoms. The average Bonchev–Trinajstić information content (AvgIpc) is 2.13. The lowest BCUT2D eigenvalue weighted by Crippen LogP contribution is -2.44. The summed E-state index contributed by atoms with van der Waals surface area (Å²) >= 11 is 0. The molecule has 0 aromatic heterocycles. The van der Waals surface area contributed by atoms with Gasteiger partial charge in [-0.2, -0.15) is 0 Å². The molecule has 0 amide bonds. The molecular formula is C3H8N4O2. The first-order valence-corrected chi connectivity index (χ1v) is 2.59. The Morgan fingerprint density at radius 2 is 2.44 bits per heavy atom. The van der Waals surface area contributed by atoms with Gasteiger partial charge in [-0.15, -0.1) is 0 Å². The Morgan fingerprint density at radius 1 is 1.78 bits per heavy atom. The monoisotopic (exact) mass is 132 g/mol. The van der Waals surface area contributed by atoms with Crippen molar-refractivity contribution in [3.8, 4) is 0 Å². The van der Waals surface area contributed by atoms with Gasteiger partial charge in [0.05, 0.1) is 6.54 Å². The molecule has 9 heavy (non-hydrogen) atoms.